The van der Waals surface area contributed by atoms with Gasteiger partial charge in [-0.05, 0) is 31.9 Å². The Kier molecular flexibility index (Phi) is 9.07. The summed E-state index contributed by atoms with van der Waals surface area (Å²) in [5, 5.41) is 7.10. The Morgan fingerprint density at radius 3 is 2.59 bits per heavy atom. The van der Waals surface area contributed by atoms with E-state index in [0.29, 0.717) is 56.3 Å². The minimum absolute atomic E-state index is 0.0179. The summed E-state index contributed by atoms with van der Waals surface area (Å²) in [5.41, 5.74) is 0.472. The van der Waals surface area contributed by atoms with Crippen molar-refractivity contribution >= 4 is 43.8 Å². The van der Waals surface area contributed by atoms with Gasteiger partial charge in [0.15, 0.2) is 26.8 Å². The van der Waals surface area contributed by atoms with Gasteiger partial charge in [-0.2, -0.15) is 0 Å². The molecule has 5 rings (SSSR count). The number of thiazole rings is 1. The second kappa shape index (κ2) is 12.6. The van der Waals surface area contributed by atoms with Crippen LogP contribution in [-0.2, 0) is 35.5 Å². The lowest BCUT2D eigenvalue weighted by Crippen LogP contribution is -2.54. The molecule has 1 N–H and O–H groups in total. The van der Waals surface area contributed by atoms with Crippen molar-refractivity contribution in [3.63, 3.8) is 0 Å². The first-order chi connectivity index (χ1) is 19.6. The second-order valence-corrected chi connectivity index (χ2v) is 14.5. The van der Waals surface area contributed by atoms with Gasteiger partial charge >= 0.3 is 0 Å². The van der Waals surface area contributed by atoms with E-state index in [0.717, 1.165) is 18.0 Å². The Balaban J connectivity index is 1.25. The summed E-state index contributed by atoms with van der Waals surface area (Å²) in [6.45, 7) is 9.78. The Morgan fingerprint density at radius 2 is 1.95 bits per heavy atom. The van der Waals surface area contributed by atoms with Gasteiger partial charge in [0, 0.05) is 61.2 Å². The third-order valence-corrected chi connectivity index (χ3v) is 10.6. The number of anilines is 1. The van der Waals surface area contributed by atoms with Crippen LogP contribution in [-0.4, -0.2) is 91.0 Å². The molecule has 3 fully saturated rings. The molecular formula is C28H37N5O6S2. The van der Waals surface area contributed by atoms with Gasteiger partial charge in [0.25, 0.3) is 5.91 Å². The van der Waals surface area contributed by atoms with Crippen molar-refractivity contribution < 1.29 is 27.6 Å². The quantitative estimate of drug-likeness (QED) is 0.324. The second-order valence-electron chi connectivity index (χ2n) is 11.2. The summed E-state index contributed by atoms with van der Waals surface area (Å²) in [5.74, 6) is -0.339. The third-order valence-electron chi connectivity index (χ3n) is 7.46. The minimum atomic E-state index is -3.35. The van der Waals surface area contributed by atoms with Gasteiger partial charge in [-0.15, -0.1) is 11.3 Å². The Labute approximate surface area is 244 Å². The molecule has 41 heavy (non-hydrogen) atoms. The first kappa shape index (κ1) is 29.6. The lowest BCUT2D eigenvalue weighted by atomic mass is 10.1. The zero-order valence-corrected chi connectivity index (χ0v) is 25.2. The van der Waals surface area contributed by atoms with Crippen molar-refractivity contribution in [2.75, 3.05) is 38.2 Å². The highest BCUT2D eigenvalue weighted by Crippen LogP contribution is 2.33. The van der Waals surface area contributed by atoms with Crippen molar-refractivity contribution in [3.8, 4) is 0 Å². The standard InChI is InChI=1S/C28H37N5O6S2/c1-18(2)27(35)33-12-11-32(15-19(33)3)16-22-14-29-28(40-22)30-26(34)25(31-39-21-10-13-38-17-21)20-4-6-23(7-5-20)41(36,37)24-8-9-24/h4-7,14,18-19,21,24H,8-13,15-17H2,1-3H3,(H,29,30,34)/b31-25+/t19-,21+/m0/s1. The summed E-state index contributed by atoms with van der Waals surface area (Å²) in [6, 6.07) is 6.32. The molecule has 13 heteroatoms. The summed E-state index contributed by atoms with van der Waals surface area (Å²) in [6.07, 6.45) is 3.53. The van der Waals surface area contributed by atoms with Gasteiger partial charge in [0.05, 0.1) is 23.4 Å². The van der Waals surface area contributed by atoms with E-state index in [2.05, 4.69) is 27.3 Å². The van der Waals surface area contributed by atoms with E-state index in [-0.39, 0.29) is 39.8 Å². The molecule has 0 bridgehead atoms. The van der Waals surface area contributed by atoms with E-state index in [1.165, 1.54) is 23.5 Å². The molecule has 1 aromatic carbocycles. The predicted molar refractivity (Wildman–Crippen MR) is 156 cm³/mol. The van der Waals surface area contributed by atoms with Gasteiger partial charge in [-0.3, -0.25) is 19.8 Å². The SMILES string of the molecule is CC(C)C(=O)N1CCN(Cc2cnc(NC(=O)/C(=N/O[C@@H]3CCOC3)c3ccc(S(=O)(=O)C4CC4)cc3)s2)C[C@@H]1C. The van der Waals surface area contributed by atoms with Crippen molar-refractivity contribution in [2.45, 2.75) is 68.9 Å². The number of nitrogens with one attached hydrogen (secondary N) is 1. The number of hydrogen-bond donors (Lipinski definition) is 1. The molecule has 2 atom stereocenters. The number of aromatic nitrogens is 1. The zero-order chi connectivity index (χ0) is 29.1. The molecule has 3 aliphatic rings. The Morgan fingerprint density at radius 1 is 1.20 bits per heavy atom. The maximum absolute atomic E-state index is 13.4. The van der Waals surface area contributed by atoms with Gasteiger partial charge < -0.3 is 14.5 Å². The monoisotopic (exact) mass is 603 g/mol. The molecule has 1 aliphatic carbocycles. The Bertz CT molecular complexity index is 1380. The van der Waals surface area contributed by atoms with E-state index < -0.39 is 15.7 Å². The van der Waals surface area contributed by atoms with E-state index in [4.69, 9.17) is 9.57 Å². The fourth-order valence-electron chi connectivity index (χ4n) is 4.97. The maximum atomic E-state index is 13.4. The predicted octanol–water partition coefficient (Wildman–Crippen LogP) is 2.92. The first-order valence-electron chi connectivity index (χ1n) is 14.1. The van der Waals surface area contributed by atoms with E-state index in [9.17, 15) is 18.0 Å². The number of carbonyl (C=O) groups is 2. The summed E-state index contributed by atoms with van der Waals surface area (Å²) in [7, 11) is -3.35. The first-order valence-corrected chi connectivity index (χ1v) is 16.4. The van der Waals surface area contributed by atoms with Crippen LogP contribution in [0.3, 0.4) is 0 Å². The highest BCUT2D eigenvalue weighted by atomic mass is 32.2. The lowest BCUT2D eigenvalue weighted by molar-refractivity contribution is -0.139. The third kappa shape index (κ3) is 7.14. The maximum Gasteiger partial charge on any atom is 0.280 e. The molecule has 0 unspecified atom stereocenters. The summed E-state index contributed by atoms with van der Waals surface area (Å²) < 4.78 is 30.6. The number of nitrogens with zero attached hydrogens (tertiary/aromatic N) is 4. The summed E-state index contributed by atoms with van der Waals surface area (Å²) in [4.78, 5) is 41.3. The van der Waals surface area contributed by atoms with Crippen molar-refractivity contribution in [3.05, 3.63) is 40.9 Å². The lowest BCUT2D eigenvalue weighted by Gasteiger charge is -2.40. The zero-order valence-electron chi connectivity index (χ0n) is 23.6. The summed E-state index contributed by atoms with van der Waals surface area (Å²) >= 11 is 1.38. The van der Waals surface area contributed by atoms with Crippen LogP contribution in [0.25, 0.3) is 0 Å². The average Bonchev–Trinajstić information content (AvgIpc) is 3.53. The van der Waals surface area contributed by atoms with Crippen LogP contribution in [0.2, 0.25) is 0 Å². The number of amides is 2. The number of piperazine rings is 1. The van der Waals surface area contributed by atoms with Gasteiger partial charge in [-0.25, -0.2) is 13.4 Å². The van der Waals surface area contributed by atoms with E-state index in [1.54, 1.807) is 18.3 Å². The highest BCUT2D eigenvalue weighted by Gasteiger charge is 2.37. The molecular weight excluding hydrogens is 566 g/mol. The van der Waals surface area contributed by atoms with Crippen LogP contribution >= 0.6 is 11.3 Å². The minimum Gasteiger partial charge on any atom is -0.389 e. The molecule has 2 aliphatic heterocycles. The number of ether oxygens (including phenoxy) is 1. The van der Waals surface area contributed by atoms with Crippen LogP contribution in [0.1, 0.15) is 50.5 Å². The van der Waals surface area contributed by atoms with Crippen LogP contribution in [0.5, 0.6) is 0 Å². The number of benzene rings is 1. The molecule has 2 amide bonds. The number of hydrogen-bond acceptors (Lipinski definition) is 10. The van der Waals surface area contributed by atoms with E-state index in [1.807, 2.05) is 18.7 Å². The molecule has 0 radical (unpaired) electrons. The molecule has 2 saturated heterocycles. The average molecular weight is 604 g/mol. The molecule has 222 valence electrons. The highest BCUT2D eigenvalue weighted by molar-refractivity contribution is 7.92. The molecule has 1 saturated carbocycles. The number of sulfone groups is 1. The van der Waals surface area contributed by atoms with Crippen molar-refractivity contribution in [1.29, 1.82) is 0 Å². The molecule has 11 nitrogen and oxygen atoms in total. The normalized spacial score (nSPS) is 22.2. The molecule has 2 aromatic rings. The number of carbonyl (C=O) groups excluding carboxylic acids is 2. The largest absolute Gasteiger partial charge is 0.389 e. The van der Waals surface area contributed by atoms with Crippen molar-refractivity contribution in [1.82, 2.24) is 14.8 Å². The van der Waals surface area contributed by atoms with Gasteiger partial charge in [0.1, 0.15) is 0 Å². The number of oxime groups is 1. The smallest absolute Gasteiger partial charge is 0.280 e. The van der Waals surface area contributed by atoms with E-state index >= 15 is 0 Å². The topological polar surface area (TPSA) is 130 Å². The fraction of sp³-hybridized carbons (Fsp3) is 0.571. The van der Waals surface area contributed by atoms with Crippen LogP contribution in [0, 0.1) is 5.92 Å². The van der Waals surface area contributed by atoms with Gasteiger partial charge in [-0.1, -0.05) is 31.1 Å². The van der Waals surface area contributed by atoms with Gasteiger partial charge in [0.2, 0.25) is 5.91 Å². The fourth-order valence-corrected chi connectivity index (χ4v) is 7.48. The van der Waals surface area contributed by atoms with Crippen molar-refractivity contribution in [2.24, 2.45) is 11.1 Å². The van der Waals surface area contributed by atoms with Crippen LogP contribution < -0.4 is 5.32 Å². The van der Waals surface area contributed by atoms with Crippen LogP contribution in [0.4, 0.5) is 5.13 Å². The Hall–Kier alpha value is -2.87. The molecule has 3 heterocycles. The van der Waals surface area contributed by atoms with Crippen LogP contribution in [0.15, 0.2) is 40.5 Å². The number of rotatable bonds is 10. The molecule has 1 aromatic heterocycles. The molecule has 0 spiro atoms.